The third-order valence-corrected chi connectivity index (χ3v) is 5.23. The van der Waals surface area contributed by atoms with Crippen LogP contribution in [0.1, 0.15) is 16.8 Å². The Morgan fingerprint density at radius 3 is 2.21 bits per heavy atom. The predicted molar refractivity (Wildman–Crippen MR) is 114 cm³/mol. The molecule has 2 aromatic carbocycles. The Labute approximate surface area is 172 Å². The van der Waals surface area contributed by atoms with Gasteiger partial charge in [0.2, 0.25) is 5.91 Å². The lowest BCUT2D eigenvalue weighted by Crippen LogP contribution is -2.51. The summed E-state index contributed by atoms with van der Waals surface area (Å²) in [6.45, 7) is 2.94. The largest absolute Gasteiger partial charge is 0.496 e. The fraction of sp³-hybridized carbons (Fsp3) is 0.391. The molecule has 0 N–H and O–H groups in total. The fourth-order valence-corrected chi connectivity index (χ4v) is 3.49. The number of nitrogens with zero attached hydrogens (tertiary/aromatic N) is 3. The molecule has 29 heavy (non-hydrogen) atoms. The number of amides is 2. The predicted octanol–water partition coefficient (Wildman–Crippen LogP) is 2.60. The molecule has 6 nitrogen and oxygen atoms in total. The van der Waals surface area contributed by atoms with Crippen LogP contribution in [0.2, 0.25) is 0 Å². The molecule has 154 valence electrons. The second-order valence-electron chi connectivity index (χ2n) is 7.51. The number of benzene rings is 2. The second kappa shape index (κ2) is 9.56. The van der Waals surface area contributed by atoms with E-state index < -0.39 is 0 Å². The molecule has 0 unspecified atom stereocenters. The van der Waals surface area contributed by atoms with E-state index in [0.717, 1.165) is 17.7 Å². The summed E-state index contributed by atoms with van der Waals surface area (Å²) in [4.78, 5) is 31.2. The Morgan fingerprint density at radius 1 is 0.931 bits per heavy atom. The molecule has 0 radical (unpaired) electrons. The van der Waals surface area contributed by atoms with E-state index >= 15 is 0 Å². The minimum Gasteiger partial charge on any atom is -0.496 e. The summed E-state index contributed by atoms with van der Waals surface area (Å²) in [6.07, 6.45) is 0.508. The summed E-state index contributed by atoms with van der Waals surface area (Å²) in [6, 6.07) is 15.7. The van der Waals surface area contributed by atoms with Gasteiger partial charge in [0.05, 0.1) is 12.7 Å². The molecule has 0 aliphatic carbocycles. The maximum absolute atomic E-state index is 13.2. The Bertz CT molecular complexity index is 844. The first kappa shape index (κ1) is 20.9. The highest BCUT2D eigenvalue weighted by Crippen LogP contribution is 2.28. The van der Waals surface area contributed by atoms with Crippen LogP contribution >= 0.6 is 0 Å². The maximum Gasteiger partial charge on any atom is 0.257 e. The van der Waals surface area contributed by atoms with Crippen LogP contribution in [-0.4, -0.2) is 80.4 Å². The lowest BCUT2D eigenvalue weighted by atomic mass is 10.0. The number of piperazine rings is 1. The number of hydrogen-bond donors (Lipinski definition) is 0. The molecule has 1 saturated heterocycles. The van der Waals surface area contributed by atoms with Crippen LogP contribution < -0.4 is 4.74 Å². The highest BCUT2D eigenvalue weighted by atomic mass is 16.5. The van der Waals surface area contributed by atoms with Crippen LogP contribution in [0.5, 0.6) is 5.75 Å². The average Bonchev–Trinajstić information content (AvgIpc) is 2.77. The van der Waals surface area contributed by atoms with E-state index in [9.17, 15) is 9.59 Å². The minimum atomic E-state index is -0.0555. The highest BCUT2D eigenvalue weighted by Gasteiger charge is 2.26. The Balaban J connectivity index is 1.70. The first-order valence-corrected chi connectivity index (χ1v) is 9.95. The van der Waals surface area contributed by atoms with E-state index in [-0.39, 0.29) is 11.8 Å². The van der Waals surface area contributed by atoms with Crippen LogP contribution in [0.25, 0.3) is 11.1 Å². The molecular weight excluding hydrogens is 366 g/mol. The number of rotatable bonds is 6. The summed E-state index contributed by atoms with van der Waals surface area (Å²) in [5.74, 6) is 0.661. The molecule has 1 aliphatic rings. The van der Waals surface area contributed by atoms with Gasteiger partial charge in [0.25, 0.3) is 5.91 Å². The van der Waals surface area contributed by atoms with Gasteiger partial charge in [-0.1, -0.05) is 36.4 Å². The van der Waals surface area contributed by atoms with Crippen LogP contribution in [0.4, 0.5) is 0 Å². The van der Waals surface area contributed by atoms with E-state index in [1.54, 1.807) is 7.11 Å². The van der Waals surface area contributed by atoms with Gasteiger partial charge in [0.15, 0.2) is 0 Å². The summed E-state index contributed by atoms with van der Waals surface area (Å²) in [5.41, 5.74) is 2.59. The molecule has 1 fully saturated rings. The third kappa shape index (κ3) is 5.15. The SMILES string of the molecule is COc1ccc(-c2ccccc2)cc1C(=O)N1CCN(C(=O)CCN(C)C)CC1. The summed E-state index contributed by atoms with van der Waals surface area (Å²) in [5, 5.41) is 0. The molecule has 3 rings (SSSR count). The Morgan fingerprint density at radius 2 is 1.59 bits per heavy atom. The number of ether oxygens (including phenoxy) is 1. The molecule has 2 amide bonds. The zero-order chi connectivity index (χ0) is 20.8. The summed E-state index contributed by atoms with van der Waals surface area (Å²) >= 11 is 0. The Hall–Kier alpha value is -2.86. The van der Waals surface area contributed by atoms with Crippen LogP contribution in [0, 0.1) is 0 Å². The topological polar surface area (TPSA) is 53.1 Å². The van der Waals surface area contributed by atoms with Crippen LogP contribution in [0.3, 0.4) is 0 Å². The molecule has 0 bridgehead atoms. The molecule has 1 aliphatic heterocycles. The van der Waals surface area contributed by atoms with Crippen molar-refractivity contribution in [3.05, 3.63) is 54.1 Å². The molecule has 2 aromatic rings. The van der Waals surface area contributed by atoms with Crippen molar-refractivity contribution in [1.82, 2.24) is 14.7 Å². The Kier molecular flexibility index (Phi) is 6.88. The van der Waals surface area contributed by atoms with Gasteiger partial charge in [-0.25, -0.2) is 0 Å². The van der Waals surface area contributed by atoms with E-state index in [1.807, 2.05) is 77.3 Å². The van der Waals surface area contributed by atoms with Gasteiger partial charge in [-0.05, 0) is 37.4 Å². The highest BCUT2D eigenvalue weighted by molar-refractivity contribution is 5.98. The van der Waals surface area contributed by atoms with Crippen molar-refractivity contribution >= 4 is 11.8 Å². The molecular formula is C23H29N3O3. The number of carbonyl (C=O) groups is 2. The zero-order valence-electron chi connectivity index (χ0n) is 17.4. The van der Waals surface area contributed by atoms with Crippen molar-refractivity contribution in [1.29, 1.82) is 0 Å². The van der Waals surface area contributed by atoms with Crippen molar-refractivity contribution < 1.29 is 14.3 Å². The zero-order valence-corrected chi connectivity index (χ0v) is 17.4. The van der Waals surface area contributed by atoms with Gasteiger partial charge < -0.3 is 19.4 Å². The second-order valence-corrected chi connectivity index (χ2v) is 7.51. The van der Waals surface area contributed by atoms with Gasteiger partial charge >= 0.3 is 0 Å². The summed E-state index contributed by atoms with van der Waals surface area (Å²) < 4.78 is 5.45. The van der Waals surface area contributed by atoms with Crippen molar-refractivity contribution in [2.24, 2.45) is 0 Å². The molecule has 1 heterocycles. The van der Waals surface area contributed by atoms with Gasteiger partial charge in [0.1, 0.15) is 5.75 Å². The van der Waals surface area contributed by atoms with Crippen molar-refractivity contribution in [3.63, 3.8) is 0 Å². The van der Waals surface area contributed by atoms with Crippen molar-refractivity contribution in [2.75, 3.05) is 53.9 Å². The number of hydrogen-bond acceptors (Lipinski definition) is 4. The number of carbonyl (C=O) groups excluding carboxylic acids is 2. The summed E-state index contributed by atoms with van der Waals surface area (Å²) in [7, 11) is 5.50. The number of methoxy groups -OCH3 is 1. The fourth-order valence-electron chi connectivity index (χ4n) is 3.49. The van der Waals surface area contributed by atoms with Gasteiger partial charge in [-0.2, -0.15) is 0 Å². The smallest absolute Gasteiger partial charge is 0.257 e. The van der Waals surface area contributed by atoms with Crippen molar-refractivity contribution in [2.45, 2.75) is 6.42 Å². The third-order valence-electron chi connectivity index (χ3n) is 5.23. The van der Waals surface area contributed by atoms with Crippen molar-refractivity contribution in [3.8, 4) is 16.9 Å². The first-order valence-electron chi connectivity index (χ1n) is 9.95. The normalized spacial score (nSPS) is 14.2. The minimum absolute atomic E-state index is 0.0555. The first-order chi connectivity index (χ1) is 14.0. The van der Waals surface area contributed by atoms with Gasteiger partial charge in [-0.3, -0.25) is 9.59 Å². The van der Waals surface area contributed by atoms with Crippen LogP contribution in [0.15, 0.2) is 48.5 Å². The quantitative estimate of drug-likeness (QED) is 0.755. The molecule has 0 aromatic heterocycles. The standard InChI is InChI=1S/C23H29N3O3/c1-24(2)12-11-22(27)25-13-15-26(16-14-25)23(28)20-17-19(9-10-21(20)29-3)18-7-5-4-6-8-18/h4-10,17H,11-16H2,1-3H3. The van der Waals surface area contributed by atoms with E-state index in [2.05, 4.69) is 0 Å². The molecule has 6 heteroatoms. The van der Waals surface area contributed by atoms with Gasteiger partial charge in [0, 0.05) is 39.1 Å². The lowest BCUT2D eigenvalue weighted by Gasteiger charge is -2.35. The molecule has 0 spiro atoms. The van der Waals surface area contributed by atoms with Crippen LogP contribution in [-0.2, 0) is 4.79 Å². The van der Waals surface area contributed by atoms with E-state index in [0.29, 0.717) is 43.9 Å². The molecule has 0 saturated carbocycles. The van der Waals surface area contributed by atoms with E-state index in [4.69, 9.17) is 4.74 Å². The van der Waals surface area contributed by atoms with Gasteiger partial charge in [-0.15, -0.1) is 0 Å². The lowest BCUT2D eigenvalue weighted by molar-refractivity contribution is -0.132. The molecule has 0 atom stereocenters. The maximum atomic E-state index is 13.2. The van der Waals surface area contributed by atoms with E-state index in [1.165, 1.54) is 0 Å². The average molecular weight is 396 g/mol. The monoisotopic (exact) mass is 395 g/mol.